The molecule has 0 radical (unpaired) electrons. The molecule has 4 aromatic carbocycles. The maximum atomic E-state index is 13.5. The maximum absolute atomic E-state index is 13.5. The van der Waals surface area contributed by atoms with Gasteiger partial charge in [-0.1, -0.05) is 72.3 Å². The molecule has 0 fully saturated rings. The summed E-state index contributed by atoms with van der Waals surface area (Å²) < 4.78 is 26.6. The Bertz CT molecular complexity index is 1060. The van der Waals surface area contributed by atoms with Crippen molar-refractivity contribution >= 4 is 33.2 Å². The van der Waals surface area contributed by atoms with Crippen molar-refractivity contribution in [1.82, 2.24) is 0 Å². The summed E-state index contributed by atoms with van der Waals surface area (Å²) in [6, 6.07) is 27.1. The fourth-order valence-electron chi connectivity index (χ4n) is 3.03. The van der Waals surface area contributed by atoms with Crippen LogP contribution in [0.4, 0.5) is 14.5 Å². The van der Waals surface area contributed by atoms with Gasteiger partial charge in [0.1, 0.15) is 11.6 Å². The van der Waals surface area contributed by atoms with Crippen LogP contribution < -0.4 is 5.73 Å². The van der Waals surface area contributed by atoms with Crippen molar-refractivity contribution in [1.29, 1.82) is 0 Å². The number of benzene rings is 4. The number of anilines is 1. The van der Waals surface area contributed by atoms with Crippen LogP contribution in [0.1, 0.15) is 11.1 Å². The molecule has 0 amide bonds. The van der Waals surface area contributed by atoms with Gasteiger partial charge in [0.05, 0.1) is 10.7 Å². The highest BCUT2D eigenvalue weighted by atomic mass is 79.9. The second-order valence-electron chi connectivity index (χ2n) is 6.54. The van der Waals surface area contributed by atoms with Gasteiger partial charge in [-0.15, -0.1) is 0 Å². The van der Waals surface area contributed by atoms with Gasteiger partial charge in [-0.25, -0.2) is 8.78 Å². The lowest BCUT2D eigenvalue weighted by atomic mass is 10.1. The Morgan fingerprint density at radius 1 is 0.700 bits per heavy atom. The van der Waals surface area contributed by atoms with E-state index in [1.54, 1.807) is 18.2 Å². The largest absolute Gasteiger partial charge is 0.396 e. The summed E-state index contributed by atoms with van der Waals surface area (Å²) in [5.74, 6) is -0.439. The van der Waals surface area contributed by atoms with E-state index in [4.69, 9.17) is 17.3 Å². The zero-order valence-corrected chi connectivity index (χ0v) is 18.3. The lowest BCUT2D eigenvalue weighted by molar-refractivity contribution is 0.616. The molecule has 1 aliphatic carbocycles. The maximum Gasteiger partial charge on any atom is 0.146 e. The number of nitrogens with two attached hydrogens (primary N) is 1. The van der Waals surface area contributed by atoms with Gasteiger partial charge >= 0.3 is 0 Å². The van der Waals surface area contributed by atoms with Crippen LogP contribution in [-0.4, -0.2) is 0 Å². The molecule has 30 heavy (non-hydrogen) atoms. The molecule has 1 nitrogen and oxygen atoms in total. The van der Waals surface area contributed by atoms with Gasteiger partial charge in [-0.05, 0) is 63.0 Å². The van der Waals surface area contributed by atoms with Gasteiger partial charge < -0.3 is 5.73 Å². The third-order valence-corrected chi connectivity index (χ3v) is 5.77. The fourth-order valence-corrected chi connectivity index (χ4v) is 3.45. The van der Waals surface area contributed by atoms with Gasteiger partial charge in [0.2, 0.25) is 0 Å². The lowest BCUT2D eigenvalue weighted by Crippen LogP contribution is -1.86. The predicted molar refractivity (Wildman–Crippen MR) is 125 cm³/mol. The highest BCUT2D eigenvalue weighted by Gasteiger charge is 2.19. The first-order chi connectivity index (χ1) is 14.5. The minimum absolute atomic E-state index is 0.0845. The summed E-state index contributed by atoms with van der Waals surface area (Å²) in [6.07, 6.45) is 0.734. The van der Waals surface area contributed by atoms with Crippen LogP contribution in [0.5, 0.6) is 0 Å². The van der Waals surface area contributed by atoms with Gasteiger partial charge in [0.15, 0.2) is 0 Å². The van der Waals surface area contributed by atoms with E-state index in [0.717, 1.165) is 27.0 Å². The van der Waals surface area contributed by atoms with Gasteiger partial charge in [0.25, 0.3) is 0 Å². The van der Waals surface area contributed by atoms with Gasteiger partial charge in [0, 0.05) is 16.5 Å². The first-order valence-electron chi connectivity index (χ1n) is 9.23. The van der Waals surface area contributed by atoms with Crippen LogP contribution in [0.2, 0.25) is 5.02 Å². The molecule has 0 atom stereocenters. The Balaban J connectivity index is 0.000000138. The Kier molecular flexibility index (Phi) is 7.61. The number of hydrogen-bond acceptors (Lipinski definition) is 1. The highest BCUT2D eigenvalue weighted by molar-refractivity contribution is 9.10. The van der Waals surface area contributed by atoms with Crippen molar-refractivity contribution in [2.75, 3.05) is 5.73 Å². The summed E-state index contributed by atoms with van der Waals surface area (Å²) in [5, 5.41) is 0.757. The predicted octanol–water partition coefficient (Wildman–Crippen LogP) is 7.91. The Morgan fingerprint density at radius 2 is 1.30 bits per heavy atom. The number of rotatable bonds is 0. The summed E-state index contributed by atoms with van der Waals surface area (Å²) in [5.41, 5.74) is 9.66. The summed E-state index contributed by atoms with van der Waals surface area (Å²) in [7, 11) is 0. The minimum Gasteiger partial charge on any atom is -0.396 e. The molecule has 0 unspecified atom stereocenters. The van der Waals surface area contributed by atoms with E-state index in [1.807, 2.05) is 42.5 Å². The van der Waals surface area contributed by atoms with E-state index in [9.17, 15) is 8.78 Å². The van der Waals surface area contributed by atoms with E-state index < -0.39 is 0 Å². The van der Waals surface area contributed by atoms with Crippen molar-refractivity contribution in [3.63, 3.8) is 0 Å². The van der Waals surface area contributed by atoms with Crippen molar-refractivity contribution in [2.24, 2.45) is 0 Å². The molecule has 152 valence electrons. The molecule has 0 saturated heterocycles. The van der Waals surface area contributed by atoms with Crippen LogP contribution in [0.25, 0.3) is 11.1 Å². The number of halogens is 4. The first kappa shape index (κ1) is 22.0. The molecule has 5 heteroatoms. The molecule has 0 bridgehead atoms. The quantitative estimate of drug-likeness (QED) is 0.221. The van der Waals surface area contributed by atoms with Crippen LogP contribution in [0.3, 0.4) is 0 Å². The zero-order chi connectivity index (χ0) is 21.5. The molecule has 1 aliphatic rings. The van der Waals surface area contributed by atoms with Gasteiger partial charge in [-0.3, -0.25) is 0 Å². The number of hydrogen-bond donors (Lipinski definition) is 1. The highest BCUT2D eigenvalue weighted by Crippen LogP contribution is 2.37. The van der Waals surface area contributed by atoms with Gasteiger partial charge in [-0.2, -0.15) is 0 Å². The molecular weight excluding hydrogens is 468 g/mol. The molecule has 0 saturated carbocycles. The van der Waals surface area contributed by atoms with Crippen LogP contribution >= 0.6 is 27.5 Å². The van der Waals surface area contributed by atoms with Crippen LogP contribution in [0.15, 0.2) is 95.5 Å². The molecule has 4 aromatic rings. The number of para-hydroxylation sites is 1. The van der Waals surface area contributed by atoms with E-state index in [-0.39, 0.29) is 17.3 Å². The smallest absolute Gasteiger partial charge is 0.146 e. The molecule has 0 heterocycles. The number of nitrogen functional groups attached to an aromatic ring is 1. The Morgan fingerprint density at radius 3 is 1.93 bits per heavy atom. The first-order valence-corrected chi connectivity index (χ1v) is 10.4. The third-order valence-electron chi connectivity index (χ3n) is 4.52. The van der Waals surface area contributed by atoms with E-state index in [1.165, 1.54) is 29.3 Å². The monoisotopic (exact) mass is 485 g/mol. The molecule has 5 rings (SSSR count). The Hall–Kier alpha value is -2.69. The second-order valence-corrected chi connectivity index (χ2v) is 7.80. The second kappa shape index (κ2) is 10.4. The zero-order valence-electron chi connectivity index (χ0n) is 16.0. The van der Waals surface area contributed by atoms with Crippen molar-refractivity contribution in [2.45, 2.75) is 6.42 Å². The molecule has 2 N–H and O–H groups in total. The standard InChI is InChI=1S/C13H9F.C6H4BrCl.C6H6FN/c14-13-7-3-6-11-10-5-2-1-4-9(10)8-12(11)13;2*7-5-3-1-2-4-6(5)8/h1-7H,8H2;1-4H;1-4H,8H2. The fraction of sp³-hybridized carbons (Fsp3) is 0.0400. The molecule has 0 spiro atoms. The average molecular weight is 487 g/mol. The summed E-state index contributed by atoms with van der Waals surface area (Å²) >= 11 is 8.93. The lowest BCUT2D eigenvalue weighted by Gasteiger charge is -1.99. The topological polar surface area (TPSA) is 26.0 Å². The summed E-state index contributed by atoms with van der Waals surface area (Å²) in [4.78, 5) is 0. The molecular formula is C25H19BrClF2N. The van der Waals surface area contributed by atoms with Crippen LogP contribution in [0, 0.1) is 11.6 Å². The van der Waals surface area contributed by atoms with Crippen molar-refractivity contribution in [3.05, 3.63) is 123 Å². The molecule has 0 aliphatic heterocycles. The number of fused-ring (bicyclic) bond motifs is 3. The summed E-state index contributed by atoms with van der Waals surface area (Å²) in [6.45, 7) is 0. The van der Waals surface area contributed by atoms with E-state index >= 15 is 0 Å². The molecule has 0 aromatic heterocycles. The van der Waals surface area contributed by atoms with Crippen molar-refractivity contribution in [3.8, 4) is 11.1 Å². The van der Waals surface area contributed by atoms with Crippen LogP contribution in [-0.2, 0) is 6.42 Å². The average Bonchev–Trinajstić information content (AvgIpc) is 3.14. The minimum atomic E-state index is -0.354. The normalized spacial score (nSPS) is 10.7. The Labute approximate surface area is 188 Å². The third kappa shape index (κ3) is 5.47. The SMILES string of the molecule is Clc1ccccc1Br.Fc1cccc2c1Cc1ccccc1-2.Nc1ccccc1F. The van der Waals surface area contributed by atoms with Crippen molar-refractivity contribution < 1.29 is 8.78 Å². The van der Waals surface area contributed by atoms with E-state index in [0.29, 0.717) is 0 Å². The van der Waals surface area contributed by atoms with E-state index in [2.05, 4.69) is 28.1 Å².